The van der Waals surface area contributed by atoms with Gasteiger partial charge in [-0.25, -0.2) is 4.79 Å². The molecule has 1 aromatic heterocycles. The molecule has 0 fully saturated rings. The topological polar surface area (TPSA) is 56.2 Å². The van der Waals surface area contributed by atoms with Crippen LogP contribution in [0.15, 0.2) is 39.7 Å². The maximum Gasteiger partial charge on any atom is 0.345 e. The van der Waals surface area contributed by atoms with E-state index in [-0.39, 0.29) is 5.63 Å². The van der Waals surface area contributed by atoms with E-state index < -0.39 is 0 Å². The fourth-order valence-corrected chi connectivity index (χ4v) is 1.19. The Morgan fingerprint density at radius 3 is 2.83 bits per heavy atom. The molecule has 1 heterocycles. The van der Waals surface area contributed by atoms with Gasteiger partial charge in [0.2, 0.25) is 0 Å². The molecule has 3 nitrogen and oxygen atoms in total. The first-order valence-electron chi connectivity index (χ1n) is 3.55. The molecule has 0 unspecified atom stereocenters. The normalized spacial score (nSPS) is 10.3. The van der Waals surface area contributed by atoms with Gasteiger partial charge in [0.15, 0.2) is 0 Å². The van der Waals surface area contributed by atoms with Gasteiger partial charge in [0.05, 0.1) is 11.6 Å². The second-order valence-electron chi connectivity index (χ2n) is 2.52. The lowest BCUT2D eigenvalue weighted by Gasteiger charge is -1.97. The maximum absolute atomic E-state index is 11.2. The van der Waals surface area contributed by atoms with Gasteiger partial charge in [0.25, 0.3) is 0 Å². The van der Waals surface area contributed by atoms with Gasteiger partial charge >= 0.3 is 5.63 Å². The number of benzene rings is 1. The predicted molar refractivity (Wildman–Crippen MR) is 46.9 cm³/mol. The minimum absolute atomic E-state index is 0.384. The van der Waals surface area contributed by atoms with Gasteiger partial charge in [-0.15, -0.1) is 0 Å². The first-order valence-corrected chi connectivity index (χ1v) is 3.55. The van der Waals surface area contributed by atoms with Crippen molar-refractivity contribution in [1.29, 1.82) is 0 Å². The largest absolute Gasteiger partial charge is 0.431 e. The van der Waals surface area contributed by atoms with E-state index in [9.17, 15) is 4.79 Å². The summed E-state index contributed by atoms with van der Waals surface area (Å²) < 4.78 is 4.69. The summed E-state index contributed by atoms with van der Waals surface area (Å²) in [5.41, 5.74) is 5.67. The molecule has 60 valence electrons. The van der Waals surface area contributed by atoms with Crippen molar-refractivity contribution < 1.29 is 4.42 Å². The molecule has 2 rings (SSSR count). The average molecular weight is 161 g/mol. The van der Waals surface area contributed by atoms with Crippen molar-refractivity contribution >= 4 is 16.5 Å². The molecule has 0 radical (unpaired) electrons. The summed E-state index contributed by atoms with van der Waals surface area (Å²) in [6.45, 7) is 0. The predicted octanol–water partition coefficient (Wildman–Crippen LogP) is 1.38. The van der Waals surface area contributed by atoms with E-state index in [1.54, 1.807) is 18.2 Å². The molecule has 0 atom stereocenters. The number of anilines is 1. The van der Waals surface area contributed by atoms with Gasteiger partial charge < -0.3 is 10.2 Å². The molecular weight excluding hydrogens is 154 g/mol. The van der Waals surface area contributed by atoms with Gasteiger partial charge in [-0.05, 0) is 17.5 Å². The number of fused-ring (bicyclic) bond motifs is 1. The number of rotatable bonds is 0. The molecule has 0 spiro atoms. The van der Waals surface area contributed by atoms with Gasteiger partial charge in [0.1, 0.15) is 0 Å². The van der Waals surface area contributed by atoms with Crippen molar-refractivity contribution in [1.82, 2.24) is 0 Å². The smallest absolute Gasteiger partial charge is 0.345 e. The van der Waals surface area contributed by atoms with Crippen LogP contribution in [0.3, 0.4) is 0 Å². The lowest BCUT2D eigenvalue weighted by atomic mass is 10.1. The summed E-state index contributed by atoms with van der Waals surface area (Å²) in [5.74, 6) is 0. The standard InChI is InChI=1S/C9H7NO2/c10-7-3-1-2-6-4-5-12-9(11)8(6)7/h1-5H,10H2. The van der Waals surface area contributed by atoms with Crippen LogP contribution in [0.25, 0.3) is 10.8 Å². The average Bonchev–Trinajstić information content (AvgIpc) is 2.04. The molecule has 2 aromatic rings. The van der Waals surface area contributed by atoms with Crippen molar-refractivity contribution in [2.75, 3.05) is 5.73 Å². The van der Waals surface area contributed by atoms with Gasteiger partial charge in [0, 0.05) is 5.69 Å². The fraction of sp³-hybridized carbons (Fsp3) is 0. The Morgan fingerprint density at radius 2 is 2.08 bits per heavy atom. The van der Waals surface area contributed by atoms with E-state index in [1.165, 1.54) is 6.26 Å². The van der Waals surface area contributed by atoms with Crippen LogP contribution >= 0.6 is 0 Å². The summed E-state index contributed by atoms with van der Waals surface area (Å²) >= 11 is 0. The lowest BCUT2D eigenvalue weighted by molar-refractivity contribution is 0.519. The molecule has 0 amide bonds. The van der Waals surface area contributed by atoms with Crippen molar-refractivity contribution in [3.63, 3.8) is 0 Å². The molecular formula is C9H7NO2. The molecule has 0 saturated heterocycles. The molecule has 0 saturated carbocycles. The maximum atomic E-state index is 11.2. The molecule has 0 bridgehead atoms. The molecule has 0 aliphatic heterocycles. The summed E-state index contributed by atoms with van der Waals surface area (Å²) in [4.78, 5) is 11.2. The fourth-order valence-electron chi connectivity index (χ4n) is 1.19. The van der Waals surface area contributed by atoms with Crippen LogP contribution < -0.4 is 11.4 Å². The summed E-state index contributed by atoms with van der Waals surface area (Å²) in [5, 5.41) is 1.27. The number of nitrogen functional groups attached to an aromatic ring is 1. The van der Waals surface area contributed by atoms with Gasteiger partial charge in [-0.1, -0.05) is 12.1 Å². The molecule has 12 heavy (non-hydrogen) atoms. The Bertz CT molecular complexity index is 468. The van der Waals surface area contributed by atoms with Crippen LogP contribution in [0, 0.1) is 0 Å². The van der Waals surface area contributed by atoms with Crippen LogP contribution in [0.2, 0.25) is 0 Å². The van der Waals surface area contributed by atoms with Gasteiger partial charge in [-0.2, -0.15) is 0 Å². The second kappa shape index (κ2) is 2.37. The summed E-state index contributed by atoms with van der Waals surface area (Å²) in [7, 11) is 0. The number of nitrogens with two attached hydrogens (primary N) is 1. The Balaban J connectivity index is 3.07. The highest BCUT2D eigenvalue weighted by atomic mass is 16.4. The van der Waals surface area contributed by atoms with Crippen LogP contribution in [0.5, 0.6) is 0 Å². The van der Waals surface area contributed by atoms with Crippen LogP contribution in [-0.2, 0) is 0 Å². The van der Waals surface area contributed by atoms with Crippen molar-refractivity contribution in [3.8, 4) is 0 Å². The van der Waals surface area contributed by atoms with Crippen LogP contribution in [-0.4, -0.2) is 0 Å². The monoisotopic (exact) mass is 161 g/mol. The zero-order valence-corrected chi connectivity index (χ0v) is 6.28. The summed E-state index contributed by atoms with van der Waals surface area (Å²) in [6, 6.07) is 7.02. The molecule has 0 aliphatic carbocycles. The third kappa shape index (κ3) is 0.871. The molecule has 0 aliphatic rings. The van der Waals surface area contributed by atoms with E-state index in [0.29, 0.717) is 11.1 Å². The lowest BCUT2D eigenvalue weighted by Crippen LogP contribution is -2.01. The minimum Gasteiger partial charge on any atom is -0.431 e. The highest BCUT2D eigenvalue weighted by molar-refractivity contribution is 5.91. The highest BCUT2D eigenvalue weighted by Gasteiger charge is 2.01. The van der Waals surface area contributed by atoms with Gasteiger partial charge in [-0.3, -0.25) is 0 Å². The second-order valence-corrected chi connectivity index (χ2v) is 2.52. The highest BCUT2D eigenvalue weighted by Crippen LogP contribution is 2.15. The Kier molecular flexibility index (Phi) is 1.37. The SMILES string of the molecule is Nc1cccc2ccoc(=O)c12. The molecule has 3 heteroatoms. The van der Waals surface area contributed by atoms with E-state index in [2.05, 4.69) is 4.42 Å². The molecule has 1 aromatic carbocycles. The molecule has 2 N–H and O–H groups in total. The third-order valence-corrected chi connectivity index (χ3v) is 1.76. The Labute approximate surface area is 68.4 Å². The van der Waals surface area contributed by atoms with E-state index in [1.807, 2.05) is 6.07 Å². The minimum atomic E-state index is -0.384. The van der Waals surface area contributed by atoms with E-state index >= 15 is 0 Å². The zero-order chi connectivity index (χ0) is 8.55. The Hall–Kier alpha value is -1.77. The Morgan fingerprint density at radius 1 is 1.25 bits per heavy atom. The number of hydrogen-bond acceptors (Lipinski definition) is 3. The van der Waals surface area contributed by atoms with Crippen molar-refractivity contribution in [3.05, 3.63) is 40.9 Å². The van der Waals surface area contributed by atoms with Crippen molar-refractivity contribution in [2.24, 2.45) is 0 Å². The first-order chi connectivity index (χ1) is 5.79. The quantitative estimate of drug-likeness (QED) is 0.594. The van der Waals surface area contributed by atoms with Crippen LogP contribution in [0.1, 0.15) is 0 Å². The third-order valence-electron chi connectivity index (χ3n) is 1.76. The van der Waals surface area contributed by atoms with E-state index in [4.69, 9.17) is 5.73 Å². The van der Waals surface area contributed by atoms with Crippen molar-refractivity contribution in [2.45, 2.75) is 0 Å². The summed E-state index contributed by atoms with van der Waals surface area (Å²) in [6.07, 6.45) is 1.37. The number of hydrogen-bond donors (Lipinski definition) is 1. The zero-order valence-electron chi connectivity index (χ0n) is 6.28. The van der Waals surface area contributed by atoms with Crippen LogP contribution in [0.4, 0.5) is 5.69 Å². The van der Waals surface area contributed by atoms with E-state index in [0.717, 1.165) is 5.39 Å². The first kappa shape index (κ1) is 6.91.